The molecule has 0 amide bonds. The molecule has 4 nitrogen and oxygen atoms in total. The largest absolute Gasteiger partial charge is 0.398 e. The highest BCUT2D eigenvalue weighted by Gasteiger charge is 2.05. The molecular weight excluding hydrogens is 258 g/mol. The number of nitrogens with one attached hydrogen (secondary N) is 1. The molecule has 3 N–H and O–H groups in total. The second-order valence-corrected chi connectivity index (χ2v) is 5.36. The van der Waals surface area contributed by atoms with Crippen LogP contribution in [0.2, 0.25) is 0 Å². The van der Waals surface area contributed by atoms with Crippen LogP contribution in [0.3, 0.4) is 0 Å². The molecule has 1 aromatic heterocycles. The van der Waals surface area contributed by atoms with Gasteiger partial charge in [-0.2, -0.15) is 0 Å². The highest BCUT2D eigenvalue weighted by molar-refractivity contribution is 7.09. The fourth-order valence-electron chi connectivity index (χ4n) is 1.82. The third kappa shape index (κ3) is 3.54. The van der Waals surface area contributed by atoms with Gasteiger partial charge in [0.25, 0.3) is 0 Å². The molecule has 0 spiro atoms. The van der Waals surface area contributed by atoms with Crippen LogP contribution < -0.4 is 11.1 Å². The standard InChI is InChI=1S/C14H17N3OS/c1-9-8-19-14(17-9)5-6-16-11-3-4-12(10(2)18)13(15)7-11/h3-4,7-8,16H,5-6,15H2,1-2H3. The SMILES string of the molecule is CC(=O)c1ccc(NCCc2nc(C)cs2)cc1N. The molecule has 0 saturated heterocycles. The molecular formula is C14H17N3OS. The fraction of sp³-hybridized carbons (Fsp3) is 0.286. The first-order valence-electron chi connectivity index (χ1n) is 6.11. The zero-order chi connectivity index (χ0) is 13.8. The lowest BCUT2D eigenvalue weighted by atomic mass is 10.1. The van der Waals surface area contributed by atoms with Crippen LogP contribution in [0.4, 0.5) is 11.4 Å². The summed E-state index contributed by atoms with van der Waals surface area (Å²) in [4.78, 5) is 15.7. The maximum Gasteiger partial charge on any atom is 0.161 e. The molecule has 0 aliphatic carbocycles. The number of Topliss-reactive ketones (excluding diaryl/α,β-unsaturated/α-hetero) is 1. The van der Waals surface area contributed by atoms with Gasteiger partial charge in [0.15, 0.2) is 5.78 Å². The van der Waals surface area contributed by atoms with Crippen LogP contribution in [-0.2, 0) is 6.42 Å². The van der Waals surface area contributed by atoms with Crippen molar-refractivity contribution in [2.24, 2.45) is 0 Å². The second-order valence-electron chi connectivity index (χ2n) is 4.42. The van der Waals surface area contributed by atoms with Crippen LogP contribution in [0.1, 0.15) is 28.0 Å². The van der Waals surface area contributed by atoms with Gasteiger partial charge in [-0.05, 0) is 32.0 Å². The lowest BCUT2D eigenvalue weighted by Gasteiger charge is -2.08. The molecule has 100 valence electrons. The molecule has 0 radical (unpaired) electrons. The fourth-order valence-corrected chi connectivity index (χ4v) is 2.60. The molecule has 0 saturated carbocycles. The van der Waals surface area contributed by atoms with Gasteiger partial charge in [-0.15, -0.1) is 11.3 Å². The van der Waals surface area contributed by atoms with Crippen molar-refractivity contribution in [1.29, 1.82) is 0 Å². The van der Waals surface area contributed by atoms with Gasteiger partial charge in [0.05, 0.1) is 5.01 Å². The first-order valence-corrected chi connectivity index (χ1v) is 6.99. The normalized spacial score (nSPS) is 10.4. The second kappa shape index (κ2) is 5.84. The van der Waals surface area contributed by atoms with E-state index >= 15 is 0 Å². The summed E-state index contributed by atoms with van der Waals surface area (Å²) >= 11 is 1.67. The summed E-state index contributed by atoms with van der Waals surface area (Å²) in [6.07, 6.45) is 0.882. The predicted octanol–water partition coefficient (Wildman–Crippen LogP) is 2.89. The first kappa shape index (κ1) is 13.5. The van der Waals surface area contributed by atoms with E-state index in [1.807, 2.05) is 13.0 Å². The molecule has 5 heteroatoms. The van der Waals surface area contributed by atoms with E-state index in [9.17, 15) is 4.79 Å². The minimum absolute atomic E-state index is 0.0117. The van der Waals surface area contributed by atoms with Crippen LogP contribution >= 0.6 is 11.3 Å². The number of anilines is 2. The Morgan fingerprint density at radius 3 is 2.84 bits per heavy atom. The number of benzene rings is 1. The number of thiazole rings is 1. The Bertz CT molecular complexity index is 592. The Morgan fingerprint density at radius 1 is 1.47 bits per heavy atom. The molecule has 1 heterocycles. The van der Waals surface area contributed by atoms with Gasteiger partial charge >= 0.3 is 0 Å². The van der Waals surface area contributed by atoms with Gasteiger partial charge in [0, 0.05) is 41.0 Å². The highest BCUT2D eigenvalue weighted by atomic mass is 32.1. The number of aromatic nitrogens is 1. The summed E-state index contributed by atoms with van der Waals surface area (Å²) in [6, 6.07) is 5.43. The van der Waals surface area contributed by atoms with E-state index < -0.39 is 0 Å². The number of nitrogens with two attached hydrogens (primary N) is 1. The Morgan fingerprint density at radius 2 is 2.26 bits per heavy atom. The van der Waals surface area contributed by atoms with Crippen LogP contribution in [0, 0.1) is 6.92 Å². The molecule has 0 aliphatic rings. The van der Waals surface area contributed by atoms with E-state index in [1.54, 1.807) is 23.5 Å². The van der Waals surface area contributed by atoms with Crippen molar-refractivity contribution in [2.75, 3.05) is 17.6 Å². The van der Waals surface area contributed by atoms with E-state index in [2.05, 4.69) is 15.7 Å². The lowest BCUT2D eigenvalue weighted by Crippen LogP contribution is -2.06. The van der Waals surface area contributed by atoms with Gasteiger partial charge in [0.2, 0.25) is 0 Å². The monoisotopic (exact) mass is 275 g/mol. The third-order valence-electron chi connectivity index (χ3n) is 2.77. The summed E-state index contributed by atoms with van der Waals surface area (Å²) in [5, 5.41) is 6.46. The Kier molecular flexibility index (Phi) is 4.16. The van der Waals surface area contributed by atoms with E-state index in [-0.39, 0.29) is 5.78 Å². The predicted molar refractivity (Wildman–Crippen MR) is 79.9 cm³/mol. The number of hydrogen-bond donors (Lipinski definition) is 2. The van der Waals surface area contributed by atoms with Crippen molar-refractivity contribution in [3.05, 3.63) is 39.8 Å². The van der Waals surface area contributed by atoms with Gasteiger partial charge in [-0.25, -0.2) is 4.98 Å². The van der Waals surface area contributed by atoms with Gasteiger partial charge in [-0.3, -0.25) is 4.79 Å². The quantitative estimate of drug-likeness (QED) is 0.650. The molecule has 0 bridgehead atoms. The number of aryl methyl sites for hydroxylation is 1. The average Bonchev–Trinajstić information content (AvgIpc) is 2.75. The summed E-state index contributed by atoms with van der Waals surface area (Å²) in [5.74, 6) is -0.0117. The number of carbonyl (C=O) groups is 1. The van der Waals surface area contributed by atoms with Crippen molar-refractivity contribution in [1.82, 2.24) is 4.98 Å². The van der Waals surface area contributed by atoms with Crippen molar-refractivity contribution >= 4 is 28.5 Å². The Hall–Kier alpha value is -1.88. The topological polar surface area (TPSA) is 68.0 Å². The molecule has 2 rings (SSSR count). The van der Waals surface area contributed by atoms with Crippen molar-refractivity contribution in [3.63, 3.8) is 0 Å². The summed E-state index contributed by atoms with van der Waals surface area (Å²) in [7, 11) is 0. The number of carbonyl (C=O) groups excluding carboxylic acids is 1. The average molecular weight is 275 g/mol. The molecule has 0 fully saturated rings. The molecule has 0 aliphatic heterocycles. The number of hydrogen-bond acceptors (Lipinski definition) is 5. The Labute approximate surface area is 116 Å². The van der Waals surface area contributed by atoms with Crippen LogP contribution in [0.15, 0.2) is 23.6 Å². The lowest BCUT2D eigenvalue weighted by molar-refractivity contribution is 0.101. The van der Waals surface area contributed by atoms with Gasteiger partial charge < -0.3 is 11.1 Å². The highest BCUT2D eigenvalue weighted by Crippen LogP contribution is 2.18. The van der Waals surface area contributed by atoms with E-state index in [0.717, 1.165) is 29.4 Å². The zero-order valence-corrected chi connectivity index (χ0v) is 11.9. The van der Waals surface area contributed by atoms with E-state index in [0.29, 0.717) is 11.3 Å². The van der Waals surface area contributed by atoms with Crippen molar-refractivity contribution in [2.45, 2.75) is 20.3 Å². The summed E-state index contributed by atoms with van der Waals surface area (Å²) in [6.45, 7) is 4.31. The zero-order valence-electron chi connectivity index (χ0n) is 11.1. The minimum Gasteiger partial charge on any atom is -0.398 e. The van der Waals surface area contributed by atoms with Crippen molar-refractivity contribution < 1.29 is 4.79 Å². The molecule has 0 atom stereocenters. The van der Waals surface area contributed by atoms with Crippen molar-refractivity contribution in [3.8, 4) is 0 Å². The van der Waals surface area contributed by atoms with E-state index in [4.69, 9.17) is 5.73 Å². The van der Waals surface area contributed by atoms with Crippen LogP contribution in [0.25, 0.3) is 0 Å². The summed E-state index contributed by atoms with van der Waals surface area (Å²) in [5.41, 5.74) is 8.92. The van der Waals surface area contributed by atoms with Gasteiger partial charge in [0.1, 0.15) is 0 Å². The molecule has 0 unspecified atom stereocenters. The number of nitrogen functional groups attached to an aromatic ring is 1. The molecule has 1 aromatic carbocycles. The minimum atomic E-state index is -0.0117. The summed E-state index contributed by atoms with van der Waals surface area (Å²) < 4.78 is 0. The maximum absolute atomic E-state index is 11.3. The maximum atomic E-state index is 11.3. The first-order chi connectivity index (χ1) is 9.06. The number of rotatable bonds is 5. The van der Waals surface area contributed by atoms with E-state index in [1.165, 1.54) is 6.92 Å². The smallest absolute Gasteiger partial charge is 0.161 e. The Balaban J connectivity index is 1.93. The third-order valence-corrected chi connectivity index (χ3v) is 3.79. The molecule has 19 heavy (non-hydrogen) atoms. The van der Waals surface area contributed by atoms with Crippen LogP contribution in [0.5, 0.6) is 0 Å². The number of nitrogens with zero attached hydrogens (tertiary/aromatic N) is 1. The van der Waals surface area contributed by atoms with Gasteiger partial charge in [-0.1, -0.05) is 0 Å². The molecule has 2 aromatic rings. The number of ketones is 1. The van der Waals surface area contributed by atoms with Crippen LogP contribution in [-0.4, -0.2) is 17.3 Å².